The molecule has 112 valence electrons. The van der Waals surface area contributed by atoms with E-state index in [0.717, 1.165) is 25.1 Å². The molecule has 0 amide bonds. The lowest BCUT2D eigenvalue weighted by Gasteiger charge is -2.35. The van der Waals surface area contributed by atoms with Crippen LogP contribution < -0.4 is 5.73 Å². The van der Waals surface area contributed by atoms with E-state index in [9.17, 15) is 5.11 Å². The molecule has 0 aliphatic carbocycles. The molecule has 1 fully saturated rings. The molecule has 1 aromatic rings. The summed E-state index contributed by atoms with van der Waals surface area (Å²) in [6, 6.07) is 9.82. The van der Waals surface area contributed by atoms with Gasteiger partial charge in [-0.1, -0.05) is 30.3 Å². The first-order chi connectivity index (χ1) is 9.64. The highest BCUT2D eigenvalue weighted by Crippen LogP contribution is 2.20. The number of aliphatic hydroxyl groups is 1. The van der Waals surface area contributed by atoms with E-state index in [2.05, 4.69) is 4.90 Å². The van der Waals surface area contributed by atoms with Gasteiger partial charge in [-0.2, -0.15) is 0 Å². The lowest BCUT2D eigenvalue weighted by molar-refractivity contribution is -0.00634. The van der Waals surface area contributed by atoms with Gasteiger partial charge in [0, 0.05) is 19.7 Å². The lowest BCUT2D eigenvalue weighted by Crippen LogP contribution is -2.51. The fourth-order valence-corrected chi connectivity index (χ4v) is 2.85. The van der Waals surface area contributed by atoms with Gasteiger partial charge in [-0.25, -0.2) is 0 Å². The predicted molar refractivity (Wildman–Crippen MR) is 80.5 cm³/mol. The number of benzene rings is 1. The van der Waals surface area contributed by atoms with Crippen molar-refractivity contribution >= 4 is 0 Å². The second-order valence-electron chi connectivity index (χ2n) is 5.87. The molecule has 4 nitrogen and oxygen atoms in total. The second kappa shape index (κ2) is 7.18. The van der Waals surface area contributed by atoms with Gasteiger partial charge in [0.2, 0.25) is 0 Å². The number of nitrogens with two attached hydrogens (primary N) is 1. The molecule has 1 heterocycles. The zero-order valence-electron chi connectivity index (χ0n) is 12.3. The summed E-state index contributed by atoms with van der Waals surface area (Å²) in [5.74, 6) is 0. The minimum atomic E-state index is -0.718. The summed E-state index contributed by atoms with van der Waals surface area (Å²) in [5.41, 5.74) is 6.65. The highest BCUT2D eigenvalue weighted by atomic mass is 16.5. The Balaban J connectivity index is 1.94. The Morgan fingerprint density at radius 3 is 2.70 bits per heavy atom. The van der Waals surface area contributed by atoms with Gasteiger partial charge in [0.1, 0.15) is 0 Å². The van der Waals surface area contributed by atoms with Crippen molar-refractivity contribution in [3.63, 3.8) is 0 Å². The molecular weight excluding hydrogens is 252 g/mol. The van der Waals surface area contributed by atoms with E-state index in [-0.39, 0.29) is 6.61 Å². The summed E-state index contributed by atoms with van der Waals surface area (Å²) in [5, 5.41) is 9.71. The summed E-state index contributed by atoms with van der Waals surface area (Å²) >= 11 is 0. The summed E-state index contributed by atoms with van der Waals surface area (Å²) in [4.78, 5) is 2.17. The number of ether oxygens (including phenoxy) is 1. The Bertz CT molecular complexity index is 393. The second-order valence-corrected chi connectivity index (χ2v) is 5.87. The average Bonchev–Trinajstić information content (AvgIpc) is 2.49. The van der Waals surface area contributed by atoms with Crippen molar-refractivity contribution in [2.45, 2.75) is 30.9 Å². The van der Waals surface area contributed by atoms with Gasteiger partial charge >= 0.3 is 0 Å². The molecule has 1 aliphatic rings. The highest BCUT2D eigenvalue weighted by molar-refractivity contribution is 5.24. The van der Waals surface area contributed by atoms with Crippen LogP contribution in [0.4, 0.5) is 0 Å². The molecule has 1 saturated heterocycles. The largest absolute Gasteiger partial charge is 0.394 e. The van der Waals surface area contributed by atoms with E-state index in [0.29, 0.717) is 12.6 Å². The Morgan fingerprint density at radius 1 is 1.35 bits per heavy atom. The predicted octanol–water partition coefficient (Wildman–Crippen LogP) is 1.33. The molecule has 0 bridgehead atoms. The van der Waals surface area contributed by atoms with Crippen LogP contribution in [0, 0.1) is 0 Å². The first kappa shape index (κ1) is 15.4. The molecule has 0 radical (unpaired) electrons. The van der Waals surface area contributed by atoms with Crippen LogP contribution >= 0.6 is 0 Å². The van der Waals surface area contributed by atoms with Crippen LogP contribution in [0.2, 0.25) is 0 Å². The number of aliphatic hydroxyl groups excluding tert-OH is 1. The topological polar surface area (TPSA) is 58.7 Å². The van der Waals surface area contributed by atoms with Crippen molar-refractivity contribution in [2.75, 3.05) is 33.4 Å². The molecule has 0 spiro atoms. The number of nitrogens with zero attached hydrogens (tertiary/aromatic N) is 1. The first-order valence-corrected chi connectivity index (χ1v) is 7.39. The molecule has 0 saturated carbocycles. The van der Waals surface area contributed by atoms with E-state index in [4.69, 9.17) is 10.5 Å². The number of likely N-dealkylation sites (N-methyl/N-ethyl adjacent to an activating group) is 1. The van der Waals surface area contributed by atoms with Crippen LogP contribution in [0.3, 0.4) is 0 Å². The molecule has 2 atom stereocenters. The maximum Gasteiger partial charge on any atom is 0.0772 e. The van der Waals surface area contributed by atoms with Gasteiger partial charge in [0.15, 0.2) is 0 Å². The highest BCUT2D eigenvalue weighted by Gasteiger charge is 2.29. The van der Waals surface area contributed by atoms with Crippen molar-refractivity contribution < 1.29 is 9.84 Å². The SMILES string of the molecule is CN(CC1CCCCO1)CC(N)(CO)c1ccccc1. The summed E-state index contributed by atoms with van der Waals surface area (Å²) in [6.45, 7) is 2.29. The fourth-order valence-electron chi connectivity index (χ4n) is 2.85. The van der Waals surface area contributed by atoms with Crippen LogP contribution in [0.1, 0.15) is 24.8 Å². The van der Waals surface area contributed by atoms with Crippen molar-refractivity contribution in [2.24, 2.45) is 5.73 Å². The third-order valence-electron chi connectivity index (χ3n) is 3.97. The van der Waals surface area contributed by atoms with E-state index in [1.54, 1.807) is 0 Å². The number of hydrogen-bond acceptors (Lipinski definition) is 4. The maximum atomic E-state index is 9.71. The third kappa shape index (κ3) is 4.03. The average molecular weight is 278 g/mol. The zero-order chi connectivity index (χ0) is 14.4. The quantitative estimate of drug-likeness (QED) is 0.824. The van der Waals surface area contributed by atoms with Crippen LogP contribution in [0.15, 0.2) is 30.3 Å². The van der Waals surface area contributed by atoms with Gasteiger partial charge in [-0.15, -0.1) is 0 Å². The Labute approximate surface area is 121 Å². The molecule has 2 rings (SSSR count). The van der Waals surface area contributed by atoms with Crippen molar-refractivity contribution in [1.82, 2.24) is 4.90 Å². The third-order valence-corrected chi connectivity index (χ3v) is 3.97. The molecule has 2 unspecified atom stereocenters. The fraction of sp³-hybridized carbons (Fsp3) is 0.625. The van der Waals surface area contributed by atoms with Crippen LogP contribution in [-0.2, 0) is 10.3 Å². The van der Waals surface area contributed by atoms with Gasteiger partial charge in [0.05, 0.1) is 18.2 Å². The van der Waals surface area contributed by atoms with E-state index in [1.165, 1.54) is 12.8 Å². The van der Waals surface area contributed by atoms with E-state index >= 15 is 0 Å². The molecule has 4 heteroatoms. The van der Waals surface area contributed by atoms with Crippen molar-refractivity contribution in [3.05, 3.63) is 35.9 Å². The molecule has 0 aromatic heterocycles. The molecule has 1 aromatic carbocycles. The monoisotopic (exact) mass is 278 g/mol. The van der Waals surface area contributed by atoms with Crippen LogP contribution in [0.5, 0.6) is 0 Å². The van der Waals surface area contributed by atoms with Crippen molar-refractivity contribution in [3.8, 4) is 0 Å². The Morgan fingerprint density at radius 2 is 2.10 bits per heavy atom. The van der Waals surface area contributed by atoms with Crippen molar-refractivity contribution in [1.29, 1.82) is 0 Å². The number of hydrogen-bond donors (Lipinski definition) is 2. The summed E-state index contributed by atoms with van der Waals surface area (Å²) in [6.07, 6.45) is 3.83. The van der Waals surface area contributed by atoms with E-state index < -0.39 is 5.54 Å². The minimum absolute atomic E-state index is 0.0626. The minimum Gasteiger partial charge on any atom is -0.394 e. The van der Waals surface area contributed by atoms with Gasteiger partial charge in [0.25, 0.3) is 0 Å². The van der Waals surface area contributed by atoms with Crippen LogP contribution in [0.25, 0.3) is 0 Å². The van der Waals surface area contributed by atoms with Crippen LogP contribution in [-0.4, -0.2) is 49.5 Å². The first-order valence-electron chi connectivity index (χ1n) is 7.39. The number of rotatable bonds is 6. The Kier molecular flexibility index (Phi) is 5.54. The van der Waals surface area contributed by atoms with Gasteiger partial charge < -0.3 is 20.5 Å². The molecular formula is C16H26N2O2. The normalized spacial score (nSPS) is 22.7. The molecule has 3 N–H and O–H groups in total. The summed E-state index contributed by atoms with van der Waals surface area (Å²) < 4.78 is 5.76. The smallest absolute Gasteiger partial charge is 0.0772 e. The van der Waals surface area contributed by atoms with E-state index in [1.807, 2.05) is 37.4 Å². The molecule has 1 aliphatic heterocycles. The maximum absolute atomic E-state index is 9.71. The summed E-state index contributed by atoms with van der Waals surface area (Å²) in [7, 11) is 2.04. The standard InChI is InChI=1S/C16H26N2O2/c1-18(11-15-9-5-6-10-20-15)12-16(17,13-19)14-7-3-2-4-8-14/h2-4,7-8,15,19H,5-6,9-13,17H2,1H3. The van der Waals surface area contributed by atoms with Gasteiger partial charge in [-0.3, -0.25) is 0 Å². The zero-order valence-corrected chi connectivity index (χ0v) is 12.3. The lowest BCUT2D eigenvalue weighted by atomic mass is 9.91. The molecule has 20 heavy (non-hydrogen) atoms. The Hall–Kier alpha value is -0.940. The van der Waals surface area contributed by atoms with Gasteiger partial charge in [-0.05, 0) is 31.9 Å².